The van der Waals surface area contributed by atoms with Crippen LogP contribution in [0.25, 0.3) is 10.9 Å². The van der Waals surface area contributed by atoms with Gasteiger partial charge in [-0.05, 0) is 49.8 Å². The number of carbonyl (C=O) groups excluding carboxylic acids is 3. The van der Waals surface area contributed by atoms with Crippen molar-refractivity contribution in [2.24, 2.45) is 5.73 Å². The van der Waals surface area contributed by atoms with Crippen molar-refractivity contribution < 1.29 is 24.3 Å². The van der Waals surface area contributed by atoms with Gasteiger partial charge in [0.1, 0.15) is 18.1 Å². The third-order valence-electron chi connectivity index (χ3n) is 6.25. The van der Waals surface area contributed by atoms with Crippen LogP contribution < -0.4 is 16.4 Å². The number of nitrogens with one attached hydrogen (secondary N) is 3. The van der Waals surface area contributed by atoms with Gasteiger partial charge >= 0.3 is 5.97 Å². The van der Waals surface area contributed by atoms with Gasteiger partial charge in [0.05, 0.1) is 6.04 Å². The van der Waals surface area contributed by atoms with Crippen LogP contribution in [0.15, 0.2) is 30.5 Å². The molecule has 4 atom stereocenters. The molecule has 1 saturated heterocycles. The molecule has 190 valence electrons. The Hall–Kier alpha value is -3.05. The highest BCUT2D eigenvalue weighted by Gasteiger charge is 2.39. The Balaban J connectivity index is 1.82. The highest BCUT2D eigenvalue weighted by atomic mass is 32.2. The van der Waals surface area contributed by atoms with Crippen LogP contribution in [0, 0.1) is 0 Å². The number of thioether (sulfide) groups is 1. The number of rotatable bonds is 11. The summed E-state index contributed by atoms with van der Waals surface area (Å²) in [5, 5.41) is 15.3. The maximum absolute atomic E-state index is 13.7. The fourth-order valence-electron chi connectivity index (χ4n) is 4.25. The summed E-state index contributed by atoms with van der Waals surface area (Å²) < 4.78 is 0. The van der Waals surface area contributed by atoms with Crippen LogP contribution in [0.3, 0.4) is 0 Å². The maximum atomic E-state index is 13.7. The van der Waals surface area contributed by atoms with Gasteiger partial charge in [-0.25, -0.2) is 0 Å². The molecule has 1 aliphatic rings. The number of aromatic amines is 1. The molecule has 1 fully saturated rings. The predicted octanol–water partition coefficient (Wildman–Crippen LogP) is 0.856. The molecule has 3 amide bonds. The predicted molar refractivity (Wildman–Crippen MR) is 135 cm³/mol. The monoisotopic (exact) mass is 503 g/mol. The van der Waals surface area contributed by atoms with E-state index in [1.54, 1.807) is 11.8 Å². The Kier molecular flexibility index (Phi) is 9.16. The van der Waals surface area contributed by atoms with Gasteiger partial charge in [0.15, 0.2) is 0 Å². The number of H-pyrrole nitrogens is 1. The number of hydrogen-bond acceptors (Lipinski definition) is 6. The summed E-state index contributed by atoms with van der Waals surface area (Å²) in [4.78, 5) is 55.0. The fourth-order valence-corrected chi connectivity index (χ4v) is 4.74. The standard InChI is InChI=1S/C24H33N5O5S/c1-14(24(33)34)27-22(31)20-8-5-10-29(20)23(32)19(28-21(30)17(25)9-11-35-2)12-15-13-26-18-7-4-3-6-16(15)18/h3-4,6-7,13-14,17,19-20,26H,5,8-12,25H2,1-2H3,(H,27,31)(H,28,30)(H,33,34). The number of carboxylic acids is 1. The van der Waals surface area contributed by atoms with Crippen molar-refractivity contribution in [1.82, 2.24) is 20.5 Å². The van der Waals surface area contributed by atoms with E-state index in [-0.39, 0.29) is 12.3 Å². The minimum atomic E-state index is -1.15. The largest absolute Gasteiger partial charge is 0.480 e. The van der Waals surface area contributed by atoms with Crippen molar-refractivity contribution in [3.05, 3.63) is 36.0 Å². The normalized spacial score (nSPS) is 18.1. The van der Waals surface area contributed by atoms with Gasteiger partial charge in [-0.2, -0.15) is 11.8 Å². The number of nitrogens with two attached hydrogens (primary N) is 1. The molecular weight excluding hydrogens is 470 g/mol. The summed E-state index contributed by atoms with van der Waals surface area (Å²) in [7, 11) is 0. The highest BCUT2D eigenvalue weighted by Crippen LogP contribution is 2.23. The molecule has 4 unspecified atom stereocenters. The number of fused-ring (bicyclic) bond motifs is 1. The Morgan fingerprint density at radius 1 is 1.26 bits per heavy atom. The third-order valence-corrected chi connectivity index (χ3v) is 6.89. The molecule has 11 heteroatoms. The lowest BCUT2D eigenvalue weighted by Crippen LogP contribution is -2.57. The number of benzene rings is 1. The number of carbonyl (C=O) groups is 4. The fraction of sp³-hybridized carbons (Fsp3) is 0.500. The summed E-state index contributed by atoms with van der Waals surface area (Å²) in [5.74, 6) is -1.76. The van der Waals surface area contributed by atoms with Crippen LogP contribution >= 0.6 is 11.8 Å². The summed E-state index contributed by atoms with van der Waals surface area (Å²) >= 11 is 1.58. The number of hydrogen-bond donors (Lipinski definition) is 5. The number of nitrogens with zero attached hydrogens (tertiary/aromatic N) is 1. The molecule has 1 aromatic heterocycles. The van der Waals surface area contributed by atoms with E-state index in [1.165, 1.54) is 11.8 Å². The maximum Gasteiger partial charge on any atom is 0.325 e. The van der Waals surface area contributed by atoms with Crippen LogP contribution in [0.1, 0.15) is 31.7 Å². The minimum Gasteiger partial charge on any atom is -0.480 e. The van der Waals surface area contributed by atoms with Gasteiger partial charge in [-0.1, -0.05) is 18.2 Å². The van der Waals surface area contributed by atoms with Crippen LogP contribution in [-0.4, -0.2) is 81.4 Å². The van der Waals surface area contributed by atoms with E-state index in [4.69, 9.17) is 10.8 Å². The van der Waals surface area contributed by atoms with Gasteiger partial charge in [0.2, 0.25) is 17.7 Å². The average molecular weight is 504 g/mol. The summed E-state index contributed by atoms with van der Waals surface area (Å²) in [6.07, 6.45) is 5.46. The third kappa shape index (κ3) is 6.55. The summed E-state index contributed by atoms with van der Waals surface area (Å²) in [6.45, 7) is 1.72. The molecule has 10 nitrogen and oxygen atoms in total. The second kappa shape index (κ2) is 12.1. The molecule has 2 heterocycles. The van der Waals surface area contributed by atoms with E-state index in [9.17, 15) is 19.2 Å². The van der Waals surface area contributed by atoms with Gasteiger partial charge in [0.25, 0.3) is 0 Å². The van der Waals surface area contributed by atoms with E-state index in [0.717, 1.165) is 16.5 Å². The zero-order valence-electron chi connectivity index (χ0n) is 20.0. The van der Waals surface area contributed by atoms with Crippen LogP contribution in [-0.2, 0) is 25.6 Å². The molecule has 0 bridgehead atoms. The first-order chi connectivity index (χ1) is 16.7. The number of aromatic nitrogens is 1. The molecular formula is C24H33N5O5S. The van der Waals surface area contributed by atoms with Crippen molar-refractivity contribution >= 4 is 46.4 Å². The lowest BCUT2D eigenvalue weighted by Gasteiger charge is -2.29. The average Bonchev–Trinajstić information content (AvgIpc) is 3.49. The van der Waals surface area contributed by atoms with E-state index in [2.05, 4.69) is 15.6 Å². The molecule has 0 aliphatic carbocycles. The van der Waals surface area contributed by atoms with E-state index in [0.29, 0.717) is 31.6 Å². The molecule has 0 radical (unpaired) electrons. The van der Waals surface area contributed by atoms with Gasteiger partial charge in [0, 0.05) is 30.1 Å². The topological polar surface area (TPSA) is 158 Å². The molecule has 2 aromatic rings. The van der Waals surface area contributed by atoms with E-state index < -0.39 is 42.0 Å². The number of likely N-dealkylation sites (tertiary alicyclic amines) is 1. The van der Waals surface area contributed by atoms with Gasteiger partial charge in [-0.3, -0.25) is 19.2 Å². The second-order valence-corrected chi connectivity index (χ2v) is 9.76. The molecule has 3 rings (SSSR count). The lowest BCUT2D eigenvalue weighted by atomic mass is 10.0. The van der Waals surface area contributed by atoms with Crippen molar-refractivity contribution in [3.8, 4) is 0 Å². The van der Waals surface area contributed by atoms with Crippen molar-refractivity contribution in [3.63, 3.8) is 0 Å². The van der Waals surface area contributed by atoms with Crippen LogP contribution in [0.2, 0.25) is 0 Å². The Morgan fingerprint density at radius 3 is 2.71 bits per heavy atom. The van der Waals surface area contributed by atoms with Crippen molar-refractivity contribution in [2.45, 2.75) is 56.8 Å². The minimum absolute atomic E-state index is 0.222. The molecule has 35 heavy (non-hydrogen) atoms. The SMILES string of the molecule is CSCCC(N)C(=O)NC(Cc1c[nH]c2ccccc12)C(=O)N1CCCC1C(=O)NC(C)C(=O)O. The smallest absolute Gasteiger partial charge is 0.325 e. The zero-order valence-corrected chi connectivity index (χ0v) is 20.8. The quantitative estimate of drug-likeness (QED) is 0.304. The number of para-hydroxylation sites is 1. The van der Waals surface area contributed by atoms with Crippen LogP contribution in [0.5, 0.6) is 0 Å². The van der Waals surface area contributed by atoms with E-state index >= 15 is 0 Å². The Labute approximate surface area is 208 Å². The van der Waals surface area contributed by atoms with E-state index in [1.807, 2.05) is 36.7 Å². The molecule has 6 N–H and O–H groups in total. The molecule has 0 saturated carbocycles. The number of aliphatic carboxylic acids is 1. The first-order valence-electron chi connectivity index (χ1n) is 11.7. The van der Waals surface area contributed by atoms with Crippen LogP contribution in [0.4, 0.5) is 0 Å². The molecule has 0 spiro atoms. The Bertz CT molecular complexity index is 1070. The van der Waals surface area contributed by atoms with Crippen molar-refractivity contribution in [1.29, 1.82) is 0 Å². The number of amides is 3. The molecule has 1 aliphatic heterocycles. The summed E-state index contributed by atoms with van der Waals surface area (Å²) in [6, 6.07) is 4.13. The Morgan fingerprint density at radius 2 is 2.00 bits per heavy atom. The van der Waals surface area contributed by atoms with Gasteiger partial charge in [-0.15, -0.1) is 0 Å². The first kappa shape index (κ1) is 26.6. The second-order valence-electron chi connectivity index (χ2n) is 8.77. The number of carboxylic acid groups (broad SMARTS) is 1. The first-order valence-corrected chi connectivity index (χ1v) is 13.1. The lowest BCUT2D eigenvalue weighted by molar-refractivity contribution is -0.144. The summed E-state index contributed by atoms with van der Waals surface area (Å²) in [5.41, 5.74) is 7.82. The zero-order chi connectivity index (χ0) is 25.5. The highest BCUT2D eigenvalue weighted by molar-refractivity contribution is 7.98. The van der Waals surface area contributed by atoms with Crippen molar-refractivity contribution in [2.75, 3.05) is 18.6 Å². The molecule has 1 aromatic carbocycles. The van der Waals surface area contributed by atoms with Gasteiger partial charge < -0.3 is 31.4 Å².